The first-order chi connectivity index (χ1) is 10.8. The first kappa shape index (κ1) is 12.8. The molecule has 5 atom stereocenters. The number of para-hydroxylation sites is 1. The molecular formula is C19H20N2O. The van der Waals surface area contributed by atoms with E-state index in [0.717, 1.165) is 35.3 Å². The summed E-state index contributed by atoms with van der Waals surface area (Å²) in [4.78, 5) is 6.95. The van der Waals surface area contributed by atoms with E-state index in [4.69, 9.17) is 0 Å². The smallest absolute Gasteiger partial charge is 0.0953 e. The van der Waals surface area contributed by atoms with Gasteiger partial charge in [0.1, 0.15) is 0 Å². The molecule has 0 amide bonds. The Balaban J connectivity index is 1.48. The van der Waals surface area contributed by atoms with Crippen molar-refractivity contribution in [1.29, 1.82) is 0 Å². The second kappa shape index (κ2) is 4.18. The Hall–Kier alpha value is -1.71. The Bertz CT molecular complexity index is 768. The van der Waals surface area contributed by atoms with Crippen molar-refractivity contribution in [2.75, 3.05) is 6.54 Å². The van der Waals surface area contributed by atoms with Crippen LogP contribution in [0.2, 0.25) is 0 Å². The predicted octanol–water partition coefficient (Wildman–Crippen LogP) is 2.92. The molecule has 3 fully saturated rings. The van der Waals surface area contributed by atoms with Gasteiger partial charge in [-0.05, 0) is 48.9 Å². The molecule has 1 aromatic carbocycles. The van der Waals surface area contributed by atoms with Crippen LogP contribution in [0.4, 0.5) is 0 Å². The summed E-state index contributed by atoms with van der Waals surface area (Å²) in [5, 5.41) is 12.1. The van der Waals surface area contributed by atoms with Gasteiger partial charge in [0.2, 0.25) is 0 Å². The third-order valence-electron chi connectivity index (χ3n) is 6.32. The van der Waals surface area contributed by atoms with Crippen LogP contribution in [0.1, 0.15) is 24.5 Å². The molecule has 2 saturated heterocycles. The lowest BCUT2D eigenvalue weighted by molar-refractivity contribution is -0.0656. The van der Waals surface area contributed by atoms with Crippen LogP contribution in [-0.2, 0) is 0 Å². The maximum atomic E-state index is 11.0. The minimum atomic E-state index is -0.427. The van der Waals surface area contributed by atoms with Gasteiger partial charge < -0.3 is 5.11 Å². The molecule has 1 N–H and O–H groups in total. The highest BCUT2D eigenvalue weighted by molar-refractivity contribution is 5.82. The first-order valence-corrected chi connectivity index (χ1v) is 8.18. The molecule has 112 valence electrons. The second-order valence-corrected chi connectivity index (χ2v) is 6.97. The fraction of sp³-hybridized carbons (Fsp3) is 0.421. The highest BCUT2D eigenvalue weighted by atomic mass is 16.3. The van der Waals surface area contributed by atoms with Gasteiger partial charge in [-0.1, -0.05) is 24.3 Å². The SMILES string of the molecule is C=CC1C2CCN3C(C(O)c4ccnc5ccccc45)CC123. The maximum Gasteiger partial charge on any atom is 0.0953 e. The summed E-state index contributed by atoms with van der Waals surface area (Å²) in [6, 6.07) is 10.3. The molecule has 1 saturated carbocycles. The van der Waals surface area contributed by atoms with Gasteiger partial charge in [-0.2, -0.15) is 0 Å². The molecule has 1 aromatic heterocycles. The zero-order valence-electron chi connectivity index (χ0n) is 12.5. The lowest BCUT2D eigenvalue weighted by Gasteiger charge is -2.50. The van der Waals surface area contributed by atoms with Crippen molar-refractivity contribution in [1.82, 2.24) is 9.88 Å². The molecule has 2 aliphatic heterocycles. The van der Waals surface area contributed by atoms with Crippen molar-refractivity contribution < 1.29 is 5.11 Å². The van der Waals surface area contributed by atoms with Crippen LogP contribution >= 0.6 is 0 Å². The molecule has 0 bridgehead atoms. The van der Waals surface area contributed by atoms with Crippen LogP contribution in [0.15, 0.2) is 49.2 Å². The van der Waals surface area contributed by atoms with Crippen LogP contribution in [-0.4, -0.2) is 33.1 Å². The topological polar surface area (TPSA) is 36.4 Å². The van der Waals surface area contributed by atoms with Crippen molar-refractivity contribution in [3.8, 4) is 0 Å². The standard InChI is InChI=1S/C19H20N2O/c1-2-14-15-8-10-21-17(11-19(14,15)21)18(22)13-7-9-20-16-6-4-3-5-12(13)16/h2-7,9,14-15,17-18,22H,1,8,10-11H2. The Morgan fingerprint density at radius 1 is 1.36 bits per heavy atom. The van der Waals surface area contributed by atoms with E-state index in [9.17, 15) is 5.11 Å². The fourth-order valence-corrected chi connectivity index (χ4v) is 5.30. The van der Waals surface area contributed by atoms with Crippen LogP contribution in [0.3, 0.4) is 0 Å². The van der Waals surface area contributed by atoms with Crippen LogP contribution in [0, 0.1) is 11.8 Å². The van der Waals surface area contributed by atoms with E-state index in [-0.39, 0.29) is 6.04 Å². The zero-order valence-corrected chi connectivity index (χ0v) is 12.5. The first-order valence-electron chi connectivity index (χ1n) is 8.18. The average Bonchev–Trinajstić information content (AvgIpc) is 3.12. The Morgan fingerprint density at radius 3 is 3.05 bits per heavy atom. The number of pyridine rings is 1. The number of hydrogen-bond donors (Lipinski definition) is 1. The second-order valence-electron chi connectivity index (χ2n) is 6.97. The van der Waals surface area contributed by atoms with Crippen LogP contribution < -0.4 is 0 Å². The quantitative estimate of drug-likeness (QED) is 0.884. The van der Waals surface area contributed by atoms with Gasteiger partial charge in [0.15, 0.2) is 0 Å². The molecule has 1 aliphatic carbocycles. The van der Waals surface area contributed by atoms with E-state index in [2.05, 4.69) is 28.6 Å². The number of benzene rings is 1. The van der Waals surface area contributed by atoms with Crippen molar-refractivity contribution in [2.24, 2.45) is 11.8 Å². The molecule has 3 aliphatic rings. The normalized spacial score (nSPS) is 37.2. The molecule has 3 heteroatoms. The predicted molar refractivity (Wildman–Crippen MR) is 86.3 cm³/mol. The van der Waals surface area contributed by atoms with Crippen LogP contribution in [0.5, 0.6) is 0 Å². The minimum absolute atomic E-state index is 0.251. The van der Waals surface area contributed by atoms with Gasteiger partial charge in [0.25, 0.3) is 0 Å². The van der Waals surface area contributed by atoms with E-state index in [1.807, 2.05) is 30.5 Å². The van der Waals surface area contributed by atoms with Gasteiger partial charge in [0, 0.05) is 23.2 Å². The Kier molecular flexibility index (Phi) is 2.43. The Labute approximate surface area is 130 Å². The summed E-state index contributed by atoms with van der Waals surface area (Å²) < 4.78 is 0. The number of hydrogen-bond acceptors (Lipinski definition) is 3. The van der Waals surface area contributed by atoms with E-state index in [1.54, 1.807) is 0 Å². The lowest BCUT2D eigenvalue weighted by Crippen LogP contribution is -2.59. The number of nitrogens with zero attached hydrogens (tertiary/aromatic N) is 2. The third kappa shape index (κ3) is 1.37. The summed E-state index contributed by atoms with van der Waals surface area (Å²) in [7, 11) is 0. The molecule has 5 unspecified atom stereocenters. The van der Waals surface area contributed by atoms with Crippen molar-refractivity contribution in [2.45, 2.75) is 30.5 Å². The Morgan fingerprint density at radius 2 is 2.23 bits per heavy atom. The summed E-state index contributed by atoms with van der Waals surface area (Å²) in [6.07, 6.45) is 5.87. The zero-order chi connectivity index (χ0) is 14.9. The van der Waals surface area contributed by atoms with Gasteiger partial charge in [0.05, 0.1) is 11.6 Å². The fourth-order valence-electron chi connectivity index (χ4n) is 5.30. The van der Waals surface area contributed by atoms with Gasteiger partial charge in [-0.15, -0.1) is 6.58 Å². The highest BCUT2D eigenvalue weighted by Gasteiger charge is 2.76. The summed E-state index contributed by atoms with van der Waals surface area (Å²) in [5.74, 6) is 1.45. The number of piperidine rings is 1. The molecule has 22 heavy (non-hydrogen) atoms. The van der Waals surface area contributed by atoms with E-state index >= 15 is 0 Å². The van der Waals surface area contributed by atoms with Gasteiger partial charge >= 0.3 is 0 Å². The molecule has 1 spiro atoms. The van der Waals surface area contributed by atoms with E-state index < -0.39 is 6.10 Å². The minimum Gasteiger partial charge on any atom is -0.387 e. The monoisotopic (exact) mass is 292 g/mol. The molecule has 3 heterocycles. The molecule has 3 nitrogen and oxygen atoms in total. The number of rotatable bonds is 3. The number of aromatic nitrogens is 1. The number of fused-ring (bicyclic) bond motifs is 1. The molecule has 2 aromatic rings. The average molecular weight is 292 g/mol. The highest BCUT2D eigenvalue weighted by Crippen LogP contribution is 2.71. The van der Waals surface area contributed by atoms with E-state index in [0.29, 0.717) is 11.5 Å². The third-order valence-corrected chi connectivity index (χ3v) is 6.32. The van der Waals surface area contributed by atoms with E-state index in [1.165, 1.54) is 6.42 Å². The molecular weight excluding hydrogens is 272 g/mol. The van der Waals surface area contributed by atoms with Crippen molar-refractivity contribution >= 4 is 10.9 Å². The van der Waals surface area contributed by atoms with Crippen molar-refractivity contribution in [3.05, 3.63) is 54.7 Å². The summed E-state index contributed by atoms with van der Waals surface area (Å²) in [6.45, 7) is 5.12. The summed E-state index contributed by atoms with van der Waals surface area (Å²) >= 11 is 0. The summed E-state index contributed by atoms with van der Waals surface area (Å²) in [5.41, 5.74) is 2.34. The largest absolute Gasteiger partial charge is 0.387 e. The number of aliphatic hydroxyl groups is 1. The van der Waals surface area contributed by atoms with Gasteiger partial charge in [-0.3, -0.25) is 9.88 Å². The lowest BCUT2D eigenvalue weighted by atomic mass is 9.82. The van der Waals surface area contributed by atoms with Gasteiger partial charge in [-0.25, -0.2) is 0 Å². The van der Waals surface area contributed by atoms with Crippen LogP contribution in [0.25, 0.3) is 10.9 Å². The maximum absolute atomic E-state index is 11.0. The van der Waals surface area contributed by atoms with Crippen molar-refractivity contribution in [3.63, 3.8) is 0 Å². The molecule has 5 rings (SSSR count). The number of aliphatic hydroxyl groups excluding tert-OH is 1. The molecule has 0 radical (unpaired) electrons.